The van der Waals surface area contributed by atoms with Crippen LogP contribution in [0.1, 0.15) is 17.5 Å². The summed E-state index contributed by atoms with van der Waals surface area (Å²) in [5.41, 5.74) is 5.07. The smallest absolute Gasteiger partial charge is 0.305 e. The van der Waals surface area contributed by atoms with Gasteiger partial charge in [-0.05, 0) is 49.2 Å². The summed E-state index contributed by atoms with van der Waals surface area (Å²) in [5, 5.41) is 9.00. The number of carbonyl (C=O) groups is 1. The van der Waals surface area contributed by atoms with Crippen LogP contribution in [0.5, 0.6) is 0 Å². The van der Waals surface area contributed by atoms with Crippen molar-refractivity contribution in [3.05, 3.63) is 47.8 Å². The van der Waals surface area contributed by atoms with Gasteiger partial charge in [-0.3, -0.25) is 9.78 Å². The van der Waals surface area contributed by atoms with Crippen LogP contribution in [-0.4, -0.2) is 25.6 Å². The van der Waals surface area contributed by atoms with Crippen LogP contribution in [0.4, 0.5) is 0 Å². The van der Waals surface area contributed by atoms with Crippen molar-refractivity contribution in [1.82, 2.24) is 14.5 Å². The number of aliphatic carboxylic acids is 1. The number of benzene rings is 1. The number of imidazole rings is 1. The molecule has 3 rings (SSSR count). The number of nitrogens with zero attached hydrogens (tertiary/aromatic N) is 3. The van der Waals surface area contributed by atoms with Gasteiger partial charge in [-0.25, -0.2) is 4.98 Å². The third kappa shape index (κ3) is 2.57. The van der Waals surface area contributed by atoms with E-state index in [0.717, 1.165) is 22.4 Å². The van der Waals surface area contributed by atoms with E-state index in [-0.39, 0.29) is 6.42 Å². The first-order valence-corrected chi connectivity index (χ1v) is 7.16. The molecule has 2 aromatic heterocycles. The number of carboxylic acids is 1. The van der Waals surface area contributed by atoms with Gasteiger partial charge in [0.05, 0.1) is 17.5 Å². The standard InChI is InChI=1S/C17H17N3O2/c1-11-8-14-15(9-12(11)2)20(7-5-16(21)22)17(19-14)13-4-3-6-18-10-13/h3-4,6,8-10H,5,7H2,1-2H3,(H,21,22). The third-order valence-electron chi connectivity index (χ3n) is 3.83. The highest BCUT2D eigenvalue weighted by molar-refractivity contribution is 5.82. The zero-order valence-electron chi connectivity index (χ0n) is 12.6. The van der Waals surface area contributed by atoms with Crippen molar-refractivity contribution in [3.63, 3.8) is 0 Å². The molecule has 0 aliphatic heterocycles. The summed E-state index contributed by atoms with van der Waals surface area (Å²) in [6.07, 6.45) is 3.52. The normalized spacial score (nSPS) is 11.0. The minimum atomic E-state index is -0.817. The minimum Gasteiger partial charge on any atom is -0.481 e. The van der Waals surface area contributed by atoms with E-state index in [2.05, 4.69) is 18.0 Å². The lowest BCUT2D eigenvalue weighted by atomic mass is 10.1. The Bertz CT molecular complexity index is 838. The van der Waals surface area contributed by atoms with E-state index in [1.54, 1.807) is 12.4 Å². The maximum atomic E-state index is 11.0. The first kappa shape index (κ1) is 14.3. The molecule has 1 aromatic carbocycles. The first-order valence-electron chi connectivity index (χ1n) is 7.16. The van der Waals surface area contributed by atoms with Crippen LogP contribution in [0.3, 0.4) is 0 Å². The Hall–Kier alpha value is -2.69. The fourth-order valence-corrected chi connectivity index (χ4v) is 2.53. The quantitative estimate of drug-likeness (QED) is 0.802. The maximum absolute atomic E-state index is 11.0. The predicted octanol–water partition coefficient (Wildman–Crippen LogP) is 3.19. The molecule has 1 N–H and O–H groups in total. The van der Waals surface area contributed by atoms with Gasteiger partial charge < -0.3 is 9.67 Å². The molecule has 5 heteroatoms. The molecule has 0 unspecified atom stereocenters. The van der Waals surface area contributed by atoms with E-state index in [9.17, 15) is 4.79 Å². The highest BCUT2D eigenvalue weighted by Gasteiger charge is 2.14. The van der Waals surface area contributed by atoms with Gasteiger partial charge in [-0.2, -0.15) is 0 Å². The topological polar surface area (TPSA) is 68.0 Å². The molecule has 0 spiro atoms. The average Bonchev–Trinajstić information content (AvgIpc) is 2.84. The van der Waals surface area contributed by atoms with Crippen molar-refractivity contribution in [3.8, 4) is 11.4 Å². The molecule has 0 aliphatic rings. The highest BCUT2D eigenvalue weighted by atomic mass is 16.4. The molecule has 5 nitrogen and oxygen atoms in total. The second-order valence-corrected chi connectivity index (χ2v) is 5.40. The van der Waals surface area contributed by atoms with Gasteiger partial charge in [0, 0.05) is 24.5 Å². The molecule has 0 fully saturated rings. The van der Waals surface area contributed by atoms with Gasteiger partial charge in [0.2, 0.25) is 0 Å². The number of hydrogen-bond acceptors (Lipinski definition) is 3. The average molecular weight is 295 g/mol. The summed E-state index contributed by atoms with van der Waals surface area (Å²) in [6.45, 7) is 4.49. The van der Waals surface area contributed by atoms with E-state index < -0.39 is 5.97 Å². The molecule has 0 radical (unpaired) electrons. The second-order valence-electron chi connectivity index (χ2n) is 5.40. The Balaban J connectivity index is 2.21. The summed E-state index contributed by atoms with van der Waals surface area (Å²) < 4.78 is 1.97. The highest BCUT2D eigenvalue weighted by Crippen LogP contribution is 2.26. The number of aromatic nitrogens is 3. The van der Waals surface area contributed by atoms with Gasteiger partial charge in [0.15, 0.2) is 0 Å². The van der Waals surface area contributed by atoms with Crippen LogP contribution in [0.2, 0.25) is 0 Å². The first-order chi connectivity index (χ1) is 10.6. The lowest BCUT2D eigenvalue weighted by molar-refractivity contribution is -0.137. The second kappa shape index (κ2) is 5.60. The van der Waals surface area contributed by atoms with Gasteiger partial charge in [-0.1, -0.05) is 0 Å². The van der Waals surface area contributed by atoms with Crippen molar-refractivity contribution in [2.24, 2.45) is 0 Å². The van der Waals surface area contributed by atoms with Crippen LogP contribution in [-0.2, 0) is 11.3 Å². The van der Waals surface area contributed by atoms with E-state index in [1.807, 2.05) is 29.7 Å². The van der Waals surface area contributed by atoms with E-state index in [0.29, 0.717) is 6.54 Å². The van der Waals surface area contributed by atoms with Gasteiger partial charge in [-0.15, -0.1) is 0 Å². The lowest BCUT2D eigenvalue weighted by Gasteiger charge is -2.08. The third-order valence-corrected chi connectivity index (χ3v) is 3.83. The molecule has 2 heterocycles. The Morgan fingerprint density at radius 3 is 2.73 bits per heavy atom. The number of pyridine rings is 1. The van der Waals surface area contributed by atoms with Crippen molar-refractivity contribution in [2.45, 2.75) is 26.8 Å². The Kier molecular flexibility index (Phi) is 3.63. The van der Waals surface area contributed by atoms with Crippen LogP contribution in [0.25, 0.3) is 22.4 Å². The zero-order chi connectivity index (χ0) is 15.7. The molecule has 22 heavy (non-hydrogen) atoms. The molecule has 0 saturated heterocycles. The maximum Gasteiger partial charge on any atom is 0.305 e. The lowest BCUT2D eigenvalue weighted by Crippen LogP contribution is -2.06. The molecule has 112 valence electrons. The summed E-state index contributed by atoms with van der Waals surface area (Å²) in [6, 6.07) is 7.90. The van der Waals surface area contributed by atoms with E-state index in [1.165, 1.54) is 11.1 Å². The molecule has 3 aromatic rings. The fraction of sp³-hybridized carbons (Fsp3) is 0.235. The number of fused-ring (bicyclic) bond motifs is 1. The summed E-state index contributed by atoms with van der Waals surface area (Å²) >= 11 is 0. The largest absolute Gasteiger partial charge is 0.481 e. The fourth-order valence-electron chi connectivity index (χ4n) is 2.53. The van der Waals surface area contributed by atoms with E-state index >= 15 is 0 Å². The molecular weight excluding hydrogens is 278 g/mol. The summed E-state index contributed by atoms with van der Waals surface area (Å²) in [7, 11) is 0. The molecule has 0 atom stereocenters. The molecule has 0 bridgehead atoms. The van der Waals surface area contributed by atoms with Crippen molar-refractivity contribution >= 4 is 17.0 Å². The molecular formula is C17H17N3O2. The molecule has 0 aliphatic carbocycles. The van der Waals surface area contributed by atoms with Crippen molar-refractivity contribution in [2.75, 3.05) is 0 Å². The number of hydrogen-bond donors (Lipinski definition) is 1. The summed E-state index contributed by atoms with van der Waals surface area (Å²) in [5.74, 6) is -0.0582. The number of aryl methyl sites for hydroxylation is 3. The SMILES string of the molecule is Cc1cc2nc(-c3cccnc3)n(CCC(=O)O)c2cc1C. The van der Waals surface area contributed by atoms with Crippen LogP contribution in [0.15, 0.2) is 36.7 Å². The predicted molar refractivity (Wildman–Crippen MR) is 84.7 cm³/mol. The van der Waals surface area contributed by atoms with Crippen LogP contribution < -0.4 is 0 Å². The number of carboxylic acid groups (broad SMARTS) is 1. The van der Waals surface area contributed by atoms with Gasteiger partial charge >= 0.3 is 5.97 Å². The Labute approximate surface area is 128 Å². The molecule has 0 amide bonds. The van der Waals surface area contributed by atoms with Crippen molar-refractivity contribution < 1.29 is 9.90 Å². The van der Waals surface area contributed by atoms with E-state index in [4.69, 9.17) is 10.1 Å². The Morgan fingerprint density at radius 2 is 2.05 bits per heavy atom. The minimum absolute atomic E-state index is 0.0612. The van der Waals surface area contributed by atoms with Gasteiger partial charge in [0.1, 0.15) is 5.82 Å². The van der Waals surface area contributed by atoms with Crippen LogP contribution in [0, 0.1) is 13.8 Å². The van der Waals surface area contributed by atoms with Crippen LogP contribution >= 0.6 is 0 Å². The van der Waals surface area contributed by atoms with Crippen molar-refractivity contribution in [1.29, 1.82) is 0 Å². The molecule has 0 saturated carbocycles. The van der Waals surface area contributed by atoms with Gasteiger partial charge in [0.25, 0.3) is 0 Å². The summed E-state index contributed by atoms with van der Waals surface area (Å²) in [4.78, 5) is 19.8. The Morgan fingerprint density at radius 1 is 1.27 bits per heavy atom. The number of rotatable bonds is 4. The monoisotopic (exact) mass is 295 g/mol. The zero-order valence-corrected chi connectivity index (χ0v) is 12.6.